The summed E-state index contributed by atoms with van der Waals surface area (Å²) in [7, 11) is 0.787. The third kappa shape index (κ3) is 4.87. The first-order valence-electron chi connectivity index (χ1n) is 8.77. The molecule has 6 nitrogen and oxygen atoms in total. The van der Waals surface area contributed by atoms with Crippen molar-refractivity contribution in [2.45, 2.75) is 30.6 Å². The molecule has 2 aromatic carbocycles. The summed E-state index contributed by atoms with van der Waals surface area (Å²) >= 11 is 0. The molecule has 0 aliphatic heterocycles. The first-order chi connectivity index (χ1) is 12.8. The maximum Gasteiger partial charge on any atom is 0.242 e. The van der Waals surface area contributed by atoms with E-state index in [1.165, 1.54) is 33.3 Å². The lowest BCUT2D eigenvalue weighted by Gasteiger charge is -2.19. The highest BCUT2D eigenvalue weighted by Gasteiger charge is 2.23. The Balaban J connectivity index is 2.37. The molecule has 0 fully saturated rings. The maximum atomic E-state index is 12.9. The van der Waals surface area contributed by atoms with Crippen LogP contribution in [0.5, 0.6) is 5.75 Å². The minimum Gasteiger partial charge on any atom is -0.495 e. The number of carbonyl (C=O) groups excluding carboxylic acids is 1. The molecule has 0 aliphatic rings. The van der Waals surface area contributed by atoms with E-state index in [2.05, 4.69) is 5.32 Å². The van der Waals surface area contributed by atoms with Crippen molar-refractivity contribution in [1.29, 1.82) is 0 Å². The van der Waals surface area contributed by atoms with Crippen LogP contribution in [0.1, 0.15) is 31.2 Å². The zero-order valence-electron chi connectivity index (χ0n) is 16.1. The van der Waals surface area contributed by atoms with Gasteiger partial charge in [-0.15, -0.1) is 0 Å². The number of carbonyl (C=O) groups is 1. The highest BCUT2D eigenvalue weighted by atomic mass is 32.2. The second kappa shape index (κ2) is 9.01. The van der Waals surface area contributed by atoms with Crippen LogP contribution in [-0.4, -0.2) is 39.8 Å². The fourth-order valence-electron chi connectivity index (χ4n) is 2.80. The van der Waals surface area contributed by atoms with Crippen LogP contribution >= 0.6 is 0 Å². The normalized spacial score (nSPS) is 12.6. The van der Waals surface area contributed by atoms with Gasteiger partial charge in [0.15, 0.2) is 0 Å². The van der Waals surface area contributed by atoms with E-state index in [0.29, 0.717) is 17.9 Å². The number of hydrogen-bond donors (Lipinski definition) is 1. The van der Waals surface area contributed by atoms with Crippen molar-refractivity contribution in [3.05, 3.63) is 54.1 Å². The quantitative estimate of drug-likeness (QED) is 0.749. The van der Waals surface area contributed by atoms with Crippen molar-refractivity contribution in [2.24, 2.45) is 0 Å². The van der Waals surface area contributed by atoms with Crippen LogP contribution in [0.3, 0.4) is 0 Å². The van der Waals surface area contributed by atoms with Crippen molar-refractivity contribution < 1.29 is 17.9 Å². The molecule has 146 valence electrons. The van der Waals surface area contributed by atoms with Gasteiger partial charge in [0, 0.05) is 14.1 Å². The molecule has 27 heavy (non-hydrogen) atoms. The zero-order valence-corrected chi connectivity index (χ0v) is 16.9. The average molecular weight is 391 g/mol. The molecule has 1 N–H and O–H groups in total. The molecule has 0 saturated heterocycles. The monoisotopic (exact) mass is 390 g/mol. The number of ether oxygens (including phenoxy) is 1. The van der Waals surface area contributed by atoms with Crippen molar-refractivity contribution in [3.63, 3.8) is 0 Å². The van der Waals surface area contributed by atoms with Crippen LogP contribution in [0.25, 0.3) is 0 Å². The second-order valence-electron chi connectivity index (χ2n) is 6.39. The van der Waals surface area contributed by atoms with Gasteiger partial charge < -0.3 is 10.1 Å². The van der Waals surface area contributed by atoms with Gasteiger partial charge in [0.05, 0.1) is 23.6 Å². The van der Waals surface area contributed by atoms with Gasteiger partial charge in [0.1, 0.15) is 5.75 Å². The Labute approximate surface area is 161 Å². The number of nitrogens with one attached hydrogen (secondary N) is 1. The summed E-state index contributed by atoms with van der Waals surface area (Å²) in [5.74, 6) is -0.111. The fraction of sp³-hybridized carbons (Fsp3) is 0.350. The summed E-state index contributed by atoms with van der Waals surface area (Å²) in [6, 6.07) is 14.0. The average Bonchev–Trinajstić information content (AvgIpc) is 2.66. The van der Waals surface area contributed by atoms with Gasteiger partial charge in [-0.2, -0.15) is 0 Å². The molecule has 0 aliphatic carbocycles. The number of methoxy groups -OCH3 is 1. The second-order valence-corrected chi connectivity index (χ2v) is 8.54. The van der Waals surface area contributed by atoms with Crippen molar-refractivity contribution in [3.8, 4) is 5.75 Å². The molecule has 1 atom stereocenters. The highest BCUT2D eigenvalue weighted by molar-refractivity contribution is 7.89. The molecule has 0 saturated carbocycles. The van der Waals surface area contributed by atoms with E-state index in [4.69, 9.17) is 4.74 Å². The van der Waals surface area contributed by atoms with Crippen molar-refractivity contribution in [1.82, 2.24) is 4.31 Å². The maximum absolute atomic E-state index is 12.9. The highest BCUT2D eigenvalue weighted by Crippen LogP contribution is 2.30. The first-order valence-corrected chi connectivity index (χ1v) is 10.2. The molecule has 2 aromatic rings. The number of sulfonamides is 1. The van der Waals surface area contributed by atoms with Crippen LogP contribution in [0, 0.1) is 0 Å². The number of rotatable bonds is 8. The Morgan fingerprint density at radius 3 is 2.37 bits per heavy atom. The Hall–Kier alpha value is -2.38. The van der Waals surface area contributed by atoms with Gasteiger partial charge in [0.2, 0.25) is 15.9 Å². The summed E-state index contributed by atoms with van der Waals surface area (Å²) in [5, 5.41) is 2.85. The zero-order chi connectivity index (χ0) is 20.0. The van der Waals surface area contributed by atoms with Crippen molar-refractivity contribution in [2.75, 3.05) is 26.5 Å². The molecule has 0 bridgehead atoms. The largest absolute Gasteiger partial charge is 0.495 e. The number of nitrogens with zero attached hydrogens (tertiary/aromatic N) is 1. The fourth-order valence-corrected chi connectivity index (χ4v) is 3.73. The van der Waals surface area contributed by atoms with E-state index in [-0.39, 0.29) is 16.7 Å². The van der Waals surface area contributed by atoms with Crippen LogP contribution in [0.15, 0.2) is 53.4 Å². The molecule has 7 heteroatoms. The lowest BCUT2D eigenvalue weighted by Crippen LogP contribution is -2.24. The number of hydrogen-bond acceptors (Lipinski definition) is 4. The van der Waals surface area contributed by atoms with E-state index >= 15 is 0 Å². The molecule has 0 unspecified atom stereocenters. The molecule has 0 aromatic heterocycles. The summed E-state index contributed by atoms with van der Waals surface area (Å²) in [6.07, 6.45) is 1.53. The van der Waals surface area contributed by atoms with Crippen LogP contribution < -0.4 is 10.1 Å². The van der Waals surface area contributed by atoms with Gasteiger partial charge in [-0.05, 0) is 30.2 Å². The summed E-state index contributed by atoms with van der Waals surface area (Å²) in [4.78, 5) is 13.0. The summed E-state index contributed by atoms with van der Waals surface area (Å²) in [5.41, 5.74) is 1.26. The Bertz CT molecular complexity index is 880. The van der Waals surface area contributed by atoms with Gasteiger partial charge in [-0.3, -0.25) is 4.79 Å². The van der Waals surface area contributed by atoms with E-state index in [1.54, 1.807) is 6.07 Å². The van der Waals surface area contributed by atoms with E-state index in [0.717, 1.165) is 16.3 Å². The van der Waals surface area contributed by atoms with Gasteiger partial charge in [0.25, 0.3) is 0 Å². The van der Waals surface area contributed by atoms with Gasteiger partial charge >= 0.3 is 0 Å². The summed E-state index contributed by atoms with van der Waals surface area (Å²) < 4.78 is 31.2. The Kier molecular flexibility index (Phi) is 6.98. The van der Waals surface area contributed by atoms with Crippen LogP contribution in [0.2, 0.25) is 0 Å². The smallest absolute Gasteiger partial charge is 0.242 e. The standard InChI is InChI=1S/C20H26N2O4S/c1-5-9-17(15-10-7-6-8-11-15)20(23)21-18-14-16(12-13-19(18)26-4)27(24,25)22(2)3/h6-8,10-14,17H,5,9H2,1-4H3,(H,21,23)/t17-/m0/s1. The van der Waals surface area contributed by atoms with Gasteiger partial charge in [-0.1, -0.05) is 43.7 Å². The first kappa shape index (κ1) is 20.9. The number of amides is 1. The van der Waals surface area contributed by atoms with Crippen LogP contribution in [-0.2, 0) is 14.8 Å². The third-order valence-electron chi connectivity index (χ3n) is 4.30. The van der Waals surface area contributed by atoms with E-state index in [9.17, 15) is 13.2 Å². The molecule has 2 rings (SSSR count). The molecule has 0 spiro atoms. The topological polar surface area (TPSA) is 75.7 Å². The minimum atomic E-state index is -3.62. The molecule has 0 radical (unpaired) electrons. The van der Waals surface area contributed by atoms with E-state index < -0.39 is 10.0 Å². The molecule has 0 heterocycles. The molecular weight excluding hydrogens is 364 g/mol. The SMILES string of the molecule is CCC[C@H](C(=O)Nc1cc(S(=O)(=O)N(C)C)ccc1OC)c1ccccc1. The van der Waals surface area contributed by atoms with E-state index in [1.807, 2.05) is 37.3 Å². The Morgan fingerprint density at radius 1 is 1.15 bits per heavy atom. The predicted octanol–water partition coefficient (Wildman–Crippen LogP) is 3.47. The predicted molar refractivity (Wildman–Crippen MR) is 107 cm³/mol. The third-order valence-corrected chi connectivity index (χ3v) is 6.11. The Morgan fingerprint density at radius 2 is 1.81 bits per heavy atom. The molecule has 1 amide bonds. The number of anilines is 1. The number of benzene rings is 2. The lowest BCUT2D eigenvalue weighted by molar-refractivity contribution is -0.117. The summed E-state index contributed by atoms with van der Waals surface area (Å²) in [6.45, 7) is 2.02. The molecular formula is C20H26N2O4S. The van der Waals surface area contributed by atoms with Gasteiger partial charge in [-0.25, -0.2) is 12.7 Å². The lowest BCUT2D eigenvalue weighted by atomic mass is 9.93. The van der Waals surface area contributed by atoms with Crippen molar-refractivity contribution >= 4 is 21.6 Å². The minimum absolute atomic E-state index is 0.0929. The van der Waals surface area contributed by atoms with Crippen LogP contribution in [0.4, 0.5) is 5.69 Å².